The number of fused-ring (bicyclic) bond motifs is 7. The Morgan fingerprint density at radius 3 is 2.09 bits per heavy atom. The first kappa shape index (κ1) is 35.8. The number of nitrogens with zero attached hydrogens (tertiary/aromatic N) is 5. The van der Waals surface area contributed by atoms with Gasteiger partial charge in [-0.1, -0.05) is 120 Å². The van der Waals surface area contributed by atoms with Gasteiger partial charge in [0.25, 0.3) is 0 Å². The summed E-state index contributed by atoms with van der Waals surface area (Å²) in [6, 6.07) is 55.4. The number of aryl methyl sites for hydroxylation is 3. The van der Waals surface area contributed by atoms with Gasteiger partial charge in [-0.2, -0.15) is 0 Å². The fourth-order valence-corrected chi connectivity index (χ4v) is 9.21. The number of para-hydroxylation sites is 5. The van der Waals surface area contributed by atoms with Crippen molar-refractivity contribution in [2.45, 2.75) is 27.7 Å². The molecule has 0 aliphatic carbocycles. The molecule has 280 valence electrons. The van der Waals surface area contributed by atoms with Crippen LogP contribution in [0.1, 0.15) is 22.3 Å². The zero-order chi connectivity index (χ0) is 38.4. The average molecular weight is 927 g/mol. The molecule has 58 heavy (non-hydrogen) atoms. The molecule has 0 spiro atoms. The molecule has 0 saturated heterocycles. The standard InChI is InChI=1S/C52H37N5.Pt/c1-31-28-32(2)48(33(3)29-31)37-26-27-53-51(34(37)4)57-45-22-11-9-17-40(45)41-25-24-35(30-47(41)57)38-18-13-23-46-50(38)55-52(56(46)36-14-6-5-7-15-36)43-20-12-19-42-39-16-8-10-21-44(39)54-49(42)43;/h5-29H,1-4H3;/q-2;+2. The van der Waals surface area contributed by atoms with Crippen LogP contribution >= 0.6 is 0 Å². The number of rotatable bonds is 5. The SMILES string of the molecule is Cc1cc(C)c(-c2ccnc(-n3c4[c-]c(-c5cccc6c5nc(-c5cccc7c5[n-]c5ccccc57)n6-c5ccccc5)ccc4c4ccccc43)c2C)c(C)c1.[Pt+2]. The Bertz CT molecular complexity index is 3380. The van der Waals surface area contributed by atoms with E-state index >= 15 is 0 Å². The molecule has 0 bridgehead atoms. The molecule has 0 fully saturated rings. The third-order valence-electron chi connectivity index (χ3n) is 11.6. The van der Waals surface area contributed by atoms with Gasteiger partial charge in [0.1, 0.15) is 11.6 Å². The van der Waals surface area contributed by atoms with E-state index in [0.29, 0.717) is 0 Å². The van der Waals surface area contributed by atoms with E-state index in [0.717, 1.165) is 88.8 Å². The molecule has 0 unspecified atom stereocenters. The average Bonchev–Trinajstić information content (AvgIpc) is 3.91. The van der Waals surface area contributed by atoms with Crippen molar-refractivity contribution in [3.63, 3.8) is 0 Å². The van der Waals surface area contributed by atoms with Crippen molar-refractivity contribution in [2.75, 3.05) is 0 Å². The van der Waals surface area contributed by atoms with Crippen molar-refractivity contribution >= 4 is 54.6 Å². The molecule has 5 nitrogen and oxygen atoms in total. The molecule has 0 saturated carbocycles. The Hall–Kier alpha value is -6.55. The molecule has 0 amide bonds. The first-order valence-corrected chi connectivity index (χ1v) is 19.5. The zero-order valence-corrected chi connectivity index (χ0v) is 34.8. The molecular weight excluding hydrogens is 890 g/mol. The Labute approximate surface area is 350 Å². The predicted molar refractivity (Wildman–Crippen MR) is 236 cm³/mol. The number of imidazole rings is 1. The number of pyridine rings is 1. The van der Waals surface area contributed by atoms with Crippen LogP contribution < -0.4 is 4.98 Å². The summed E-state index contributed by atoms with van der Waals surface area (Å²) in [7, 11) is 0. The maximum atomic E-state index is 5.53. The van der Waals surface area contributed by atoms with Crippen molar-refractivity contribution in [1.29, 1.82) is 0 Å². The summed E-state index contributed by atoms with van der Waals surface area (Å²) in [4.78, 5) is 15.8. The predicted octanol–water partition coefficient (Wildman–Crippen LogP) is 12.8. The first-order valence-electron chi connectivity index (χ1n) is 19.5. The van der Waals surface area contributed by atoms with Crippen LogP contribution in [0, 0.1) is 33.8 Å². The normalized spacial score (nSPS) is 11.7. The molecule has 0 aliphatic rings. The van der Waals surface area contributed by atoms with Gasteiger partial charge in [-0.15, -0.1) is 34.8 Å². The van der Waals surface area contributed by atoms with Crippen molar-refractivity contribution in [3.05, 3.63) is 180 Å². The van der Waals surface area contributed by atoms with Crippen LogP contribution in [0.5, 0.6) is 0 Å². The van der Waals surface area contributed by atoms with Crippen LogP contribution in [-0.2, 0) is 21.1 Å². The van der Waals surface area contributed by atoms with Gasteiger partial charge in [-0.3, -0.25) is 4.57 Å². The fourth-order valence-electron chi connectivity index (χ4n) is 9.21. The van der Waals surface area contributed by atoms with Crippen molar-refractivity contribution < 1.29 is 21.1 Å². The maximum absolute atomic E-state index is 5.53. The minimum Gasteiger partial charge on any atom is -0.656 e. The zero-order valence-electron chi connectivity index (χ0n) is 32.5. The van der Waals surface area contributed by atoms with Gasteiger partial charge >= 0.3 is 21.1 Å². The maximum Gasteiger partial charge on any atom is 2.00 e. The van der Waals surface area contributed by atoms with Gasteiger partial charge in [0, 0.05) is 28.5 Å². The third-order valence-corrected chi connectivity index (χ3v) is 11.6. The second kappa shape index (κ2) is 13.8. The first-order chi connectivity index (χ1) is 27.9. The summed E-state index contributed by atoms with van der Waals surface area (Å²) in [6.07, 6.45) is 1.95. The van der Waals surface area contributed by atoms with Crippen LogP contribution in [0.25, 0.3) is 99.8 Å². The van der Waals surface area contributed by atoms with E-state index in [9.17, 15) is 0 Å². The Morgan fingerprint density at radius 1 is 0.569 bits per heavy atom. The van der Waals surface area contributed by atoms with Gasteiger partial charge in [-0.05, 0) is 102 Å². The molecule has 0 atom stereocenters. The molecule has 0 aliphatic heterocycles. The van der Waals surface area contributed by atoms with E-state index in [2.05, 4.69) is 182 Å². The second-order valence-corrected chi connectivity index (χ2v) is 15.2. The van der Waals surface area contributed by atoms with E-state index < -0.39 is 0 Å². The second-order valence-electron chi connectivity index (χ2n) is 15.2. The third kappa shape index (κ3) is 5.41. The van der Waals surface area contributed by atoms with Gasteiger partial charge < -0.3 is 9.55 Å². The summed E-state index contributed by atoms with van der Waals surface area (Å²) in [6.45, 7) is 8.78. The fraction of sp³-hybridized carbons (Fsp3) is 0.0769. The number of hydrogen-bond donors (Lipinski definition) is 0. The van der Waals surface area contributed by atoms with Crippen LogP contribution in [0.3, 0.4) is 0 Å². The smallest absolute Gasteiger partial charge is 0.656 e. The Morgan fingerprint density at radius 2 is 1.26 bits per heavy atom. The monoisotopic (exact) mass is 926 g/mol. The van der Waals surface area contributed by atoms with E-state index in [1.54, 1.807) is 0 Å². The summed E-state index contributed by atoms with van der Waals surface area (Å²) >= 11 is 0. The molecule has 6 heteroatoms. The molecule has 11 rings (SSSR count). The van der Waals surface area contributed by atoms with E-state index in [1.165, 1.54) is 33.2 Å². The number of aromatic nitrogens is 5. The molecule has 11 aromatic rings. The van der Waals surface area contributed by atoms with E-state index in [1.807, 2.05) is 12.3 Å². The van der Waals surface area contributed by atoms with Crippen LogP contribution in [0.2, 0.25) is 0 Å². The van der Waals surface area contributed by atoms with Crippen LogP contribution in [-0.4, -0.2) is 19.1 Å². The van der Waals surface area contributed by atoms with Gasteiger partial charge in [-0.25, -0.2) is 9.97 Å². The summed E-state index contributed by atoms with van der Waals surface area (Å²) in [5.41, 5.74) is 17.4. The molecule has 0 radical (unpaired) electrons. The van der Waals surface area contributed by atoms with Gasteiger partial charge in [0.15, 0.2) is 0 Å². The van der Waals surface area contributed by atoms with Crippen molar-refractivity contribution in [2.24, 2.45) is 0 Å². The number of hydrogen-bond acceptors (Lipinski definition) is 2. The summed E-state index contributed by atoms with van der Waals surface area (Å²) in [5.74, 6) is 1.76. The topological polar surface area (TPSA) is 49.7 Å². The summed E-state index contributed by atoms with van der Waals surface area (Å²) < 4.78 is 4.57. The van der Waals surface area contributed by atoms with Gasteiger partial charge in [0.2, 0.25) is 0 Å². The van der Waals surface area contributed by atoms with Crippen LogP contribution in [0.15, 0.2) is 152 Å². The summed E-state index contributed by atoms with van der Waals surface area (Å²) in [5, 5.41) is 4.57. The van der Waals surface area contributed by atoms with Crippen LogP contribution in [0.4, 0.5) is 0 Å². The van der Waals surface area contributed by atoms with Gasteiger partial charge in [0.05, 0.1) is 11.0 Å². The molecule has 7 aromatic carbocycles. The largest absolute Gasteiger partial charge is 2.00 e. The van der Waals surface area contributed by atoms with Crippen molar-refractivity contribution in [1.82, 2.24) is 24.1 Å². The Kier molecular flexibility index (Phi) is 8.54. The number of benzene rings is 7. The molecule has 4 aromatic heterocycles. The van der Waals surface area contributed by atoms with E-state index in [4.69, 9.17) is 15.0 Å². The minimum absolute atomic E-state index is 0. The van der Waals surface area contributed by atoms with Crippen molar-refractivity contribution in [3.8, 4) is 45.1 Å². The Balaban J connectivity index is 0.00000408. The minimum atomic E-state index is 0. The quantitative estimate of drug-likeness (QED) is 0.162. The molecular formula is C52H37N5Pt. The molecule has 0 N–H and O–H groups in total. The van der Waals surface area contributed by atoms with E-state index in [-0.39, 0.29) is 21.1 Å². The molecule has 4 heterocycles.